The Morgan fingerprint density at radius 1 is 1.10 bits per heavy atom. The van der Waals surface area contributed by atoms with Crippen molar-refractivity contribution in [3.63, 3.8) is 0 Å². The number of rotatable bonds is 4. The molecule has 3 heterocycles. The average Bonchev–Trinajstić information content (AvgIpc) is 3.13. The van der Waals surface area contributed by atoms with Crippen LogP contribution in [0.2, 0.25) is 0 Å². The van der Waals surface area contributed by atoms with Crippen LogP contribution in [0.15, 0.2) is 48.7 Å². The summed E-state index contributed by atoms with van der Waals surface area (Å²) in [7, 11) is 0. The predicted molar refractivity (Wildman–Crippen MR) is 112 cm³/mol. The molecule has 0 unspecified atom stereocenters. The molecule has 2 amide bonds. The number of nitrogens with one attached hydrogen (secondary N) is 1. The number of benzene rings is 1. The van der Waals surface area contributed by atoms with Crippen LogP contribution in [0.3, 0.4) is 0 Å². The standard InChI is InChI=1S/C23H26N4O2/c1-16-6-8-18(9-7-16)15-24-22(28)20-19-5-3-4-12-27(19)21(25-20)23(29)26-13-10-17(2)11-14-26/h3-9,12,17H,10-11,13-15H2,1-2H3,(H,24,28). The first-order valence-corrected chi connectivity index (χ1v) is 10.1. The van der Waals surface area contributed by atoms with Crippen LogP contribution in [0.1, 0.15) is 52.0 Å². The molecule has 6 heteroatoms. The quantitative estimate of drug-likeness (QED) is 0.742. The monoisotopic (exact) mass is 390 g/mol. The van der Waals surface area contributed by atoms with Gasteiger partial charge < -0.3 is 10.2 Å². The summed E-state index contributed by atoms with van der Waals surface area (Å²) in [6.07, 6.45) is 3.79. The van der Waals surface area contributed by atoms with E-state index in [-0.39, 0.29) is 17.5 Å². The lowest BCUT2D eigenvalue weighted by Crippen LogP contribution is -2.38. The second kappa shape index (κ2) is 8.07. The highest BCUT2D eigenvalue weighted by atomic mass is 16.2. The molecule has 4 rings (SSSR count). The van der Waals surface area contributed by atoms with Crippen LogP contribution in [0.25, 0.3) is 5.52 Å². The van der Waals surface area contributed by atoms with Crippen molar-refractivity contribution in [1.29, 1.82) is 0 Å². The SMILES string of the molecule is Cc1ccc(CNC(=O)c2nc(C(=O)N3CCC(C)CC3)n3ccccc23)cc1. The average molecular weight is 390 g/mol. The van der Waals surface area contributed by atoms with Crippen molar-refractivity contribution >= 4 is 17.3 Å². The molecule has 1 aliphatic rings. The van der Waals surface area contributed by atoms with Crippen LogP contribution >= 0.6 is 0 Å². The normalized spacial score (nSPS) is 14.9. The third-order valence-electron chi connectivity index (χ3n) is 5.60. The number of amides is 2. The van der Waals surface area contributed by atoms with E-state index >= 15 is 0 Å². The van der Waals surface area contributed by atoms with Crippen molar-refractivity contribution in [3.05, 3.63) is 71.3 Å². The number of nitrogens with zero attached hydrogens (tertiary/aromatic N) is 3. The second-order valence-corrected chi connectivity index (χ2v) is 7.88. The van der Waals surface area contributed by atoms with E-state index in [9.17, 15) is 9.59 Å². The van der Waals surface area contributed by atoms with Crippen LogP contribution in [0.5, 0.6) is 0 Å². The minimum atomic E-state index is -0.277. The maximum absolute atomic E-state index is 13.1. The van der Waals surface area contributed by atoms with Gasteiger partial charge in [0.05, 0.1) is 5.52 Å². The summed E-state index contributed by atoms with van der Waals surface area (Å²) in [5, 5.41) is 2.92. The molecule has 0 saturated carbocycles. The molecule has 1 N–H and O–H groups in total. The van der Waals surface area contributed by atoms with Gasteiger partial charge in [0.1, 0.15) is 0 Å². The Hall–Kier alpha value is -3.15. The summed E-state index contributed by atoms with van der Waals surface area (Å²) < 4.78 is 1.72. The third kappa shape index (κ3) is 4.01. The van der Waals surface area contributed by atoms with Gasteiger partial charge in [0, 0.05) is 25.8 Å². The molecular formula is C23H26N4O2. The van der Waals surface area contributed by atoms with Crippen LogP contribution < -0.4 is 5.32 Å². The number of aromatic nitrogens is 2. The van der Waals surface area contributed by atoms with E-state index < -0.39 is 0 Å². The number of carbonyl (C=O) groups excluding carboxylic acids is 2. The number of hydrogen-bond acceptors (Lipinski definition) is 3. The topological polar surface area (TPSA) is 66.7 Å². The van der Waals surface area contributed by atoms with Gasteiger partial charge in [-0.05, 0) is 43.4 Å². The van der Waals surface area contributed by atoms with Crippen LogP contribution in [-0.2, 0) is 6.54 Å². The van der Waals surface area contributed by atoms with Crippen molar-refractivity contribution in [2.75, 3.05) is 13.1 Å². The summed E-state index contributed by atoms with van der Waals surface area (Å²) in [6, 6.07) is 13.5. The first-order chi connectivity index (χ1) is 14.0. The molecule has 150 valence electrons. The summed E-state index contributed by atoms with van der Waals surface area (Å²) in [5.74, 6) is 0.547. The number of piperidine rings is 1. The Balaban J connectivity index is 1.57. The lowest BCUT2D eigenvalue weighted by atomic mass is 9.99. The fourth-order valence-corrected chi connectivity index (χ4v) is 3.68. The maximum atomic E-state index is 13.1. The fourth-order valence-electron chi connectivity index (χ4n) is 3.68. The minimum absolute atomic E-state index is 0.115. The Kier molecular flexibility index (Phi) is 5.34. The van der Waals surface area contributed by atoms with E-state index in [2.05, 4.69) is 17.2 Å². The predicted octanol–water partition coefficient (Wildman–Crippen LogP) is 3.44. The molecule has 0 aliphatic carbocycles. The zero-order chi connectivity index (χ0) is 20.4. The van der Waals surface area contributed by atoms with Gasteiger partial charge in [-0.3, -0.25) is 14.0 Å². The van der Waals surface area contributed by atoms with Gasteiger partial charge in [-0.15, -0.1) is 0 Å². The minimum Gasteiger partial charge on any atom is -0.347 e. The Labute approximate surface area is 170 Å². The molecule has 2 aromatic heterocycles. The van der Waals surface area contributed by atoms with Crippen molar-refractivity contribution < 1.29 is 9.59 Å². The lowest BCUT2D eigenvalue weighted by molar-refractivity contribution is 0.0684. The third-order valence-corrected chi connectivity index (χ3v) is 5.60. The van der Waals surface area contributed by atoms with E-state index in [1.165, 1.54) is 5.56 Å². The van der Waals surface area contributed by atoms with Gasteiger partial charge in [0.25, 0.3) is 11.8 Å². The molecular weight excluding hydrogens is 364 g/mol. The Bertz CT molecular complexity index is 1030. The first-order valence-electron chi connectivity index (χ1n) is 10.1. The Morgan fingerprint density at radius 2 is 1.83 bits per heavy atom. The van der Waals surface area contributed by atoms with Gasteiger partial charge in [-0.2, -0.15) is 0 Å². The van der Waals surface area contributed by atoms with Gasteiger partial charge in [-0.1, -0.05) is 42.8 Å². The fraction of sp³-hybridized carbons (Fsp3) is 0.348. The molecule has 3 aromatic rings. The zero-order valence-electron chi connectivity index (χ0n) is 16.9. The molecule has 0 radical (unpaired) electrons. The van der Waals surface area contributed by atoms with Crippen molar-refractivity contribution in [2.45, 2.75) is 33.2 Å². The van der Waals surface area contributed by atoms with Crippen molar-refractivity contribution in [1.82, 2.24) is 19.6 Å². The van der Waals surface area contributed by atoms with Gasteiger partial charge in [0.15, 0.2) is 5.69 Å². The van der Waals surface area contributed by atoms with Crippen LogP contribution in [0, 0.1) is 12.8 Å². The molecule has 1 saturated heterocycles. The molecule has 1 aliphatic heterocycles. The largest absolute Gasteiger partial charge is 0.347 e. The number of hydrogen-bond donors (Lipinski definition) is 1. The summed E-state index contributed by atoms with van der Waals surface area (Å²) in [5.41, 5.74) is 3.12. The van der Waals surface area contributed by atoms with E-state index in [0.717, 1.165) is 31.5 Å². The number of pyridine rings is 1. The highest BCUT2D eigenvalue weighted by molar-refractivity contribution is 6.02. The summed E-state index contributed by atoms with van der Waals surface area (Å²) >= 11 is 0. The van der Waals surface area contributed by atoms with Gasteiger partial charge in [0.2, 0.25) is 5.82 Å². The maximum Gasteiger partial charge on any atom is 0.290 e. The zero-order valence-corrected chi connectivity index (χ0v) is 16.9. The number of fused-ring (bicyclic) bond motifs is 1. The molecule has 0 bridgehead atoms. The summed E-state index contributed by atoms with van der Waals surface area (Å²) in [6.45, 7) is 6.12. The van der Waals surface area contributed by atoms with Gasteiger partial charge in [-0.25, -0.2) is 4.98 Å². The first kappa shape index (κ1) is 19.2. The second-order valence-electron chi connectivity index (χ2n) is 7.88. The van der Waals surface area contributed by atoms with Gasteiger partial charge >= 0.3 is 0 Å². The number of carbonyl (C=O) groups is 2. The van der Waals surface area contributed by atoms with Crippen molar-refractivity contribution in [3.8, 4) is 0 Å². The van der Waals surface area contributed by atoms with E-state index in [1.807, 2.05) is 54.3 Å². The summed E-state index contributed by atoms with van der Waals surface area (Å²) in [4.78, 5) is 32.2. The highest BCUT2D eigenvalue weighted by Gasteiger charge is 2.27. The number of aryl methyl sites for hydroxylation is 1. The van der Waals surface area contributed by atoms with Crippen LogP contribution in [-0.4, -0.2) is 39.2 Å². The molecule has 6 nitrogen and oxygen atoms in total. The van der Waals surface area contributed by atoms with E-state index in [0.29, 0.717) is 23.8 Å². The lowest BCUT2D eigenvalue weighted by Gasteiger charge is -2.29. The smallest absolute Gasteiger partial charge is 0.290 e. The van der Waals surface area contributed by atoms with Crippen LogP contribution in [0.4, 0.5) is 0 Å². The molecule has 0 atom stereocenters. The number of likely N-dealkylation sites (tertiary alicyclic amines) is 1. The molecule has 0 spiro atoms. The highest BCUT2D eigenvalue weighted by Crippen LogP contribution is 2.20. The molecule has 29 heavy (non-hydrogen) atoms. The molecule has 1 aromatic carbocycles. The Morgan fingerprint density at radius 3 is 2.55 bits per heavy atom. The van der Waals surface area contributed by atoms with E-state index in [1.54, 1.807) is 10.6 Å². The molecule has 1 fully saturated rings. The number of imidazole rings is 1. The van der Waals surface area contributed by atoms with Crippen molar-refractivity contribution in [2.24, 2.45) is 5.92 Å². The van der Waals surface area contributed by atoms with E-state index in [4.69, 9.17) is 0 Å².